The minimum atomic E-state index is -0.129. The molecule has 0 aliphatic carbocycles. The van der Waals surface area contributed by atoms with Crippen LogP contribution >= 0.6 is 31.9 Å². The van der Waals surface area contributed by atoms with E-state index in [1.54, 1.807) is 34.1 Å². The number of halogens is 2. The van der Waals surface area contributed by atoms with Crippen LogP contribution in [0.4, 0.5) is 0 Å². The number of carbonyl (C=O) groups excluding carboxylic acids is 2. The van der Waals surface area contributed by atoms with Gasteiger partial charge in [-0.2, -0.15) is 0 Å². The molecule has 0 saturated carbocycles. The van der Waals surface area contributed by atoms with Crippen molar-refractivity contribution >= 4 is 43.7 Å². The predicted molar refractivity (Wildman–Crippen MR) is 182 cm³/mol. The molecule has 4 aromatic rings. The summed E-state index contributed by atoms with van der Waals surface area (Å²) in [7, 11) is 0. The van der Waals surface area contributed by atoms with Crippen LogP contribution in [0.5, 0.6) is 11.5 Å². The van der Waals surface area contributed by atoms with Crippen LogP contribution < -0.4 is 9.47 Å². The van der Waals surface area contributed by atoms with Gasteiger partial charge in [0.1, 0.15) is 11.5 Å². The van der Waals surface area contributed by atoms with Gasteiger partial charge in [-0.15, -0.1) is 0 Å². The zero-order valence-corrected chi connectivity index (χ0v) is 28.7. The van der Waals surface area contributed by atoms with Crippen molar-refractivity contribution in [3.05, 3.63) is 128 Å². The molecule has 4 aromatic carbocycles. The van der Waals surface area contributed by atoms with Gasteiger partial charge < -0.3 is 19.3 Å². The second kappa shape index (κ2) is 15.9. The van der Waals surface area contributed by atoms with Crippen molar-refractivity contribution in [1.29, 1.82) is 0 Å². The van der Waals surface area contributed by atoms with Crippen molar-refractivity contribution in [2.24, 2.45) is 0 Å². The van der Waals surface area contributed by atoms with Crippen molar-refractivity contribution in [3.63, 3.8) is 0 Å². The van der Waals surface area contributed by atoms with Crippen molar-refractivity contribution in [2.75, 3.05) is 13.1 Å². The van der Waals surface area contributed by atoms with Crippen LogP contribution in [0.1, 0.15) is 59.5 Å². The van der Waals surface area contributed by atoms with Gasteiger partial charge in [-0.3, -0.25) is 9.59 Å². The van der Waals surface area contributed by atoms with E-state index in [2.05, 4.69) is 31.9 Å². The first kappa shape index (κ1) is 33.3. The Morgan fingerprint density at radius 1 is 0.591 bits per heavy atom. The summed E-state index contributed by atoms with van der Waals surface area (Å²) < 4.78 is 13.1. The normalized spacial score (nSPS) is 11.0. The highest BCUT2D eigenvalue weighted by atomic mass is 79.9. The molecule has 6 nitrogen and oxygen atoms in total. The van der Waals surface area contributed by atoms with Gasteiger partial charge in [0.15, 0.2) is 0 Å². The lowest BCUT2D eigenvalue weighted by Crippen LogP contribution is -2.40. The number of ether oxygens (including phenoxy) is 2. The topological polar surface area (TPSA) is 59.1 Å². The Bertz CT molecular complexity index is 1430. The average molecular weight is 723 g/mol. The Labute approximate surface area is 277 Å². The van der Waals surface area contributed by atoms with Crippen LogP contribution in [0.15, 0.2) is 106 Å². The van der Waals surface area contributed by atoms with Crippen LogP contribution in [0.25, 0.3) is 0 Å². The standard InChI is InChI=1S/C36H38Br2N2O4/c1-25(2)43-33-17-15-29(21-31(33)37)35(41)39(23-27-11-7-5-8-12-27)19-20-40(24-28-13-9-6-10-14-28)36(42)30-16-18-34(32(38)22-30)44-26(3)4/h5-18,21-22,25-26H,19-20,23-24H2,1-4H3. The summed E-state index contributed by atoms with van der Waals surface area (Å²) >= 11 is 7.13. The first-order valence-electron chi connectivity index (χ1n) is 14.7. The molecule has 8 heteroatoms. The van der Waals surface area contributed by atoms with Gasteiger partial charge in [0.05, 0.1) is 21.2 Å². The van der Waals surface area contributed by atoms with Crippen molar-refractivity contribution in [1.82, 2.24) is 9.80 Å². The third-order valence-corrected chi connectivity index (χ3v) is 7.97. The number of benzene rings is 4. The SMILES string of the molecule is CC(C)Oc1ccc(C(=O)N(CCN(Cc2ccccc2)C(=O)c2ccc(OC(C)C)c(Br)c2)Cc2ccccc2)cc1Br. The van der Waals surface area contributed by atoms with Gasteiger partial charge >= 0.3 is 0 Å². The average Bonchev–Trinajstić information content (AvgIpc) is 3.00. The Hall–Kier alpha value is -3.62. The first-order valence-corrected chi connectivity index (χ1v) is 16.3. The second-order valence-corrected chi connectivity index (χ2v) is 12.8. The molecule has 230 valence electrons. The summed E-state index contributed by atoms with van der Waals surface area (Å²) in [4.78, 5) is 31.5. The van der Waals surface area contributed by atoms with Crippen LogP contribution in [0.3, 0.4) is 0 Å². The number of amides is 2. The molecule has 0 atom stereocenters. The molecule has 0 radical (unpaired) electrons. The van der Waals surface area contributed by atoms with Gasteiger partial charge in [0, 0.05) is 37.3 Å². The van der Waals surface area contributed by atoms with Crippen molar-refractivity contribution in [2.45, 2.75) is 53.0 Å². The zero-order chi connectivity index (χ0) is 31.6. The Morgan fingerprint density at radius 3 is 1.27 bits per heavy atom. The molecule has 0 bridgehead atoms. The Kier molecular flexibility index (Phi) is 12.0. The van der Waals surface area contributed by atoms with Crippen LogP contribution in [-0.2, 0) is 13.1 Å². The maximum absolute atomic E-state index is 14.0. The number of carbonyl (C=O) groups is 2. The molecule has 0 unspecified atom stereocenters. The molecule has 0 aromatic heterocycles. The molecular formula is C36H38Br2N2O4. The second-order valence-electron chi connectivity index (χ2n) is 11.0. The van der Waals surface area contributed by atoms with E-state index in [4.69, 9.17) is 9.47 Å². The van der Waals surface area contributed by atoms with Gasteiger partial charge in [-0.25, -0.2) is 0 Å². The predicted octanol–water partition coefficient (Wildman–Crippen LogP) is 8.77. The van der Waals surface area contributed by atoms with Crippen molar-refractivity contribution < 1.29 is 19.1 Å². The van der Waals surface area contributed by atoms with E-state index >= 15 is 0 Å². The summed E-state index contributed by atoms with van der Waals surface area (Å²) in [5, 5.41) is 0. The highest BCUT2D eigenvalue weighted by Crippen LogP contribution is 2.29. The highest BCUT2D eigenvalue weighted by molar-refractivity contribution is 9.10. The van der Waals surface area contributed by atoms with E-state index in [0.717, 1.165) is 11.1 Å². The lowest BCUT2D eigenvalue weighted by molar-refractivity contribution is 0.0644. The summed E-state index contributed by atoms with van der Waals surface area (Å²) in [6, 6.07) is 30.5. The van der Waals surface area contributed by atoms with E-state index in [-0.39, 0.29) is 24.0 Å². The van der Waals surface area contributed by atoms with E-state index in [9.17, 15) is 9.59 Å². The molecule has 0 spiro atoms. The molecule has 0 aliphatic rings. The van der Waals surface area contributed by atoms with E-state index in [0.29, 0.717) is 57.8 Å². The van der Waals surface area contributed by atoms with Crippen LogP contribution in [0, 0.1) is 0 Å². The summed E-state index contributed by atoms with van der Waals surface area (Å²) in [6.07, 6.45) is 0.0187. The lowest BCUT2D eigenvalue weighted by Gasteiger charge is -2.29. The smallest absolute Gasteiger partial charge is 0.254 e. The number of rotatable bonds is 13. The van der Waals surface area contributed by atoms with E-state index < -0.39 is 0 Å². The quantitative estimate of drug-likeness (QED) is 0.139. The molecule has 0 N–H and O–H groups in total. The molecule has 4 rings (SSSR count). The third-order valence-electron chi connectivity index (χ3n) is 6.73. The molecule has 0 heterocycles. The van der Waals surface area contributed by atoms with Gasteiger partial charge in [-0.1, -0.05) is 60.7 Å². The zero-order valence-electron chi connectivity index (χ0n) is 25.5. The monoisotopic (exact) mass is 720 g/mol. The number of nitrogens with zero attached hydrogens (tertiary/aromatic N) is 2. The fraction of sp³-hybridized carbons (Fsp3) is 0.278. The van der Waals surface area contributed by atoms with E-state index in [1.165, 1.54) is 0 Å². The molecule has 0 aliphatic heterocycles. The lowest BCUT2D eigenvalue weighted by atomic mass is 10.1. The minimum Gasteiger partial charge on any atom is -0.490 e. The summed E-state index contributed by atoms with van der Waals surface area (Å²) in [5.74, 6) is 1.11. The summed E-state index contributed by atoms with van der Waals surface area (Å²) in [6.45, 7) is 9.32. The van der Waals surface area contributed by atoms with Gasteiger partial charge in [-0.05, 0) is 107 Å². The van der Waals surface area contributed by atoms with Crippen LogP contribution in [-0.4, -0.2) is 46.9 Å². The molecule has 0 saturated heterocycles. The largest absolute Gasteiger partial charge is 0.490 e. The fourth-order valence-corrected chi connectivity index (χ4v) is 5.63. The fourth-order valence-electron chi connectivity index (χ4n) is 4.69. The molecule has 44 heavy (non-hydrogen) atoms. The summed E-state index contributed by atoms with van der Waals surface area (Å²) in [5.41, 5.74) is 3.08. The maximum Gasteiger partial charge on any atom is 0.254 e. The molecule has 2 amide bonds. The third kappa shape index (κ3) is 9.44. The van der Waals surface area contributed by atoms with Crippen LogP contribution in [0.2, 0.25) is 0 Å². The Morgan fingerprint density at radius 2 is 0.955 bits per heavy atom. The molecule has 0 fully saturated rings. The minimum absolute atomic E-state index is 0.00937. The van der Waals surface area contributed by atoms with Gasteiger partial charge in [0.25, 0.3) is 11.8 Å². The number of hydrogen-bond acceptors (Lipinski definition) is 4. The first-order chi connectivity index (χ1) is 21.1. The van der Waals surface area contributed by atoms with Crippen molar-refractivity contribution in [3.8, 4) is 11.5 Å². The molecular weight excluding hydrogens is 684 g/mol. The number of hydrogen-bond donors (Lipinski definition) is 0. The Balaban J connectivity index is 1.61. The highest BCUT2D eigenvalue weighted by Gasteiger charge is 2.23. The van der Waals surface area contributed by atoms with E-state index in [1.807, 2.05) is 100 Å². The van der Waals surface area contributed by atoms with Gasteiger partial charge in [0.2, 0.25) is 0 Å². The maximum atomic E-state index is 14.0.